The number of hydrogen-bond acceptors (Lipinski definition) is 4. The minimum atomic E-state index is -0.464. The van der Waals surface area contributed by atoms with Crippen LogP contribution in [0, 0.1) is 0 Å². The number of thiophene rings is 1. The first-order valence-corrected chi connectivity index (χ1v) is 6.55. The van der Waals surface area contributed by atoms with E-state index >= 15 is 0 Å². The average Bonchev–Trinajstić information content (AvgIpc) is 2.66. The molecule has 18 heavy (non-hydrogen) atoms. The maximum atomic E-state index is 11.5. The predicted octanol–water partition coefficient (Wildman–Crippen LogP) is 3.32. The van der Waals surface area contributed by atoms with Gasteiger partial charge in [-0.2, -0.15) is 0 Å². The van der Waals surface area contributed by atoms with Crippen LogP contribution in [0.3, 0.4) is 0 Å². The van der Waals surface area contributed by atoms with Gasteiger partial charge >= 0.3 is 6.09 Å². The SMILES string of the molecule is CC(C)(C)OC(=O)NCc1cc2cnccc2s1. The minimum Gasteiger partial charge on any atom is -0.444 e. The van der Waals surface area contributed by atoms with Gasteiger partial charge in [0, 0.05) is 27.4 Å². The van der Waals surface area contributed by atoms with Crippen LogP contribution < -0.4 is 5.32 Å². The van der Waals surface area contributed by atoms with Crippen LogP contribution >= 0.6 is 11.3 Å². The number of aromatic nitrogens is 1. The van der Waals surface area contributed by atoms with Crippen molar-refractivity contribution in [2.45, 2.75) is 32.9 Å². The number of hydrogen-bond donors (Lipinski definition) is 1. The smallest absolute Gasteiger partial charge is 0.407 e. The van der Waals surface area contributed by atoms with Gasteiger partial charge in [0.2, 0.25) is 0 Å². The van der Waals surface area contributed by atoms with E-state index in [4.69, 9.17) is 4.74 Å². The highest BCUT2D eigenvalue weighted by molar-refractivity contribution is 7.19. The molecule has 0 radical (unpaired) electrons. The van der Waals surface area contributed by atoms with E-state index in [2.05, 4.69) is 10.3 Å². The molecule has 0 fully saturated rings. The molecule has 2 aromatic rings. The van der Waals surface area contributed by atoms with E-state index < -0.39 is 11.7 Å². The van der Waals surface area contributed by atoms with Crippen molar-refractivity contribution in [3.63, 3.8) is 0 Å². The zero-order valence-corrected chi connectivity index (χ0v) is 11.5. The van der Waals surface area contributed by atoms with Crippen LogP contribution in [0.4, 0.5) is 4.79 Å². The van der Waals surface area contributed by atoms with Gasteiger partial charge in [0.1, 0.15) is 5.60 Å². The fourth-order valence-electron chi connectivity index (χ4n) is 1.50. The van der Waals surface area contributed by atoms with Crippen molar-refractivity contribution < 1.29 is 9.53 Å². The van der Waals surface area contributed by atoms with Crippen LogP contribution in [0.1, 0.15) is 25.6 Å². The lowest BCUT2D eigenvalue weighted by atomic mass is 10.2. The van der Waals surface area contributed by atoms with Crippen LogP contribution in [0.15, 0.2) is 24.5 Å². The molecule has 0 unspecified atom stereocenters. The second-order valence-electron chi connectivity index (χ2n) is 4.98. The highest BCUT2D eigenvalue weighted by Crippen LogP contribution is 2.24. The molecule has 2 heterocycles. The van der Waals surface area contributed by atoms with Gasteiger partial charge in [-0.05, 0) is 32.9 Å². The summed E-state index contributed by atoms with van der Waals surface area (Å²) in [4.78, 5) is 16.7. The number of nitrogens with one attached hydrogen (secondary N) is 1. The molecule has 0 atom stereocenters. The Morgan fingerprint density at radius 1 is 1.50 bits per heavy atom. The van der Waals surface area contributed by atoms with E-state index in [1.165, 1.54) is 4.70 Å². The molecule has 2 rings (SSSR count). The van der Waals surface area contributed by atoms with Gasteiger partial charge in [0.25, 0.3) is 0 Å². The highest BCUT2D eigenvalue weighted by atomic mass is 32.1. The number of alkyl carbamates (subject to hydrolysis) is 1. The Hall–Kier alpha value is -1.62. The predicted molar refractivity (Wildman–Crippen MR) is 72.7 cm³/mol. The Balaban J connectivity index is 1.96. The van der Waals surface area contributed by atoms with Gasteiger partial charge in [-0.15, -0.1) is 11.3 Å². The Morgan fingerprint density at radius 3 is 2.94 bits per heavy atom. The molecular weight excluding hydrogens is 248 g/mol. The Bertz CT molecular complexity index is 524. The molecule has 0 saturated heterocycles. The molecule has 0 spiro atoms. The maximum absolute atomic E-state index is 11.5. The summed E-state index contributed by atoms with van der Waals surface area (Å²) in [5.41, 5.74) is -0.464. The summed E-state index contributed by atoms with van der Waals surface area (Å²) in [6.45, 7) is 6.02. The maximum Gasteiger partial charge on any atom is 0.407 e. The Kier molecular flexibility index (Phi) is 3.52. The van der Waals surface area contributed by atoms with Gasteiger partial charge in [-0.25, -0.2) is 4.79 Å². The quantitative estimate of drug-likeness (QED) is 0.905. The summed E-state index contributed by atoms with van der Waals surface area (Å²) in [6.07, 6.45) is 3.20. The highest BCUT2D eigenvalue weighted by Gasteiger charge is 2.15. The fraction of sp³-hybridized carbons (Fsp3) is 0.385. The zero-order valence-electron chi connectivity index (χ0n) is 10.7. The molecule has 5 heteroatoms. The van der Waals surface area contributed by atoms with Gasteiger partial charge < -0.3 is 10.1 Å². The monoisotopic (exact) mass is 264 g/mol. The summed E-state index contributed by atoms with van der Waals surface area (Å²) < 4.78 is 6.35. The molecule has 1 amide bonds. The normalized spacial score (nSPS) is 11.5. The number of nitrogens with zero attached hydrogens (tertiary/aromatic N) is 1. The first-order chi connectivity index (χ1) is 8.44. The summed E-state index contributed by atoms with van der Waals surface area (Å²) >= 11 is 1.65. The molecule has 96 valence electrons. The van der Waals surface area contributed by atoms with E-state index in [1.807, 2.05) is 39.1 Å². The second kappa shape index (κ2) is 4.94. The van der Waals surface area contributed by atoms with Crippen molar-refractivity contribution in [1.82, 2.24) is 10.3 Å². The number of carbonyl (C=O) groups excluding carboxylic acids is 1. The number of carbonyl (C=O) groups is 1. The first-order valence-electron chi connectivity index (χ1n) is 5.73. The van der Waals surface area contributed by atoms with E-state index in [0.29, 0.717) is 6.54 Å². The first kappa shape index (κ1) is 12.8. The van der Waals surface area contributed by atoms with Crippen molar-refractivity contribution in [3.8, 4) is 0 Å². The van der Waals surface area contributed by atoms with Crippen molar-refractivity contribution in [2.24, 2.45) is 0 Å². The number of pyridine rings is 1. The average molecular weight is 264 g/mol. The summed E-state index contributed by atoms with van der Waals surface area (Å²) in [7, 11) is 0. The molecule has 0 bridgehead atoms. The van der Waals surface area contributed by atoms with Gasteiger partial charge in [-0.1, -0.05) is 0 Å². The largest absolute Gasteiger partial charge is 0.444 e. The Morgan fingerprint density at radius 2 is 2.28 bits per heavy atom. The lowest BCUT2D eigenvalue weighted by Gasteiger charge is -2.19. The molecular formula is C13H16N2O2S. The van der Waals surface area contributed by atoms with Crippen LogP contribution in [0.5, 0.6) is 0 Å². The summed E-state index contributed by atoms with van der Waals surface area (Å²) in [5.74, 6) is 0. The standard InChI is InChI=1S/C13H16N2O2S/c1-13(2,3)17-12(16)15-8-10-6-9-7-14-5-4-11(9)18-10/h4-7H,8H2,1-3H3,(H,15,16). The fourth-order valence-corrected chi connectivity index (χ4v) is 2.47. The van der Waals surface area contributed by atoms with Gasteiger partial charge in [0.05, 0.1) is 6.54 Å². The van der Waals surface area contributed by atoms with Crippen LogP contribution in [-0.2, 0) is 11.3 Å². The van der Waals surface area contributed by atoms with E-state index in [-0.39, 0.29) is 0 Å². The van der Waals surface area contributed by atoms with E-state index in [1.54, 1.807) is 17.5 Å². The lowest BCUT2D eigenvalue weighted by Crippen LogP contribution is -2.31. The van der Waals surface area contributed by atoms with E-state index in [9.17, 15) is 4.79 Å². The number of rotatable bonds is 2. The lowest BCUT2D eigenvalue weighted by molar-refractivity contribution is 0.0524. The van der Waals surface area contributed by atoms with Crippen LogP contribution in [0.25, 0.3) is 10.1 Å². The number of amides is 1. The second-order valence-corrected chi connectivity index (χ2v) is 6.15. The molecule has 2 aromatic heterocycles. The molecule has 0 aliphatic rings. The third kappa shape index (κ3) is 3.43. The third-order valence-electron chi connectivity index (χ3n) is 2.17. The van der Waals surface area contributed by atoms with Gasteiger partial charge in [0.15, 0.2) is 0 Å². The van der Waals surface area contributed by atoms with Crippen molar-refractivity contribution >= 4 is 27.5 Å². The van der Waals surface area contributed by atoms with Crippen LogP contribution in [0.2, 0.25) is 0 Å². The number of fused-ring (bicyclic) bond motifs is 1. The topological polar surface area (TPSA) is 51.2 Å². The zero-order chi connectivity index (χ0) is 13.2. The van der Waals surface area contributed by atoms with Crippen molar-refractivity contribution in [3.05, 3.63) is 29.4 Å². The molecule has 1 N–H and O–H groups in total. The molecule has 0 aliphatic carbocycles. The molecule has 0 aliphatic heterocycles. The Labute approximate surface area is 110 Å². The molecule has 4 nitrogen and oxygen atoms in total. The van der Waals surface area contributed by atoms with Crippen molar-refractivity contribution in [2.75, 3.05) is 0 Å². The summed E-state index contributed by atoms with van der Waals surface area (Å²) in [6, 6.07) is 4.00. The molecule has 0 saturated carbocycles. The van der Waals surface area contributed by atoms with Crippen molar-refractivity contribution in [1.29, 1.82) is 0 Å². The van der Waals surface area contributed by atoms with Gasteiger partial charge in [-0.3, -0.25) is 4.98 Å². The van der Waals surface area contributed by atoms with Crippen LogP contribution in [-0.4, -0.2) is 16.7 Å². The molecule has 0 aromatic carbocycles. The van der Waals surface area contributed by atoms with E-state index in [0.717, 1.165) is 10.3 Å². The number of ether oxygens (including phenoxy) is 1. The minimum absolute atomic E-state index is 0.391. The third-order valence-corrected chi connectivity index (χ3v) is 3.29. The summed E-state index contributed by atoms with van der Waals surface area (Å²) in [5, 5.41) is 3.85.